The molecule has 3 rings (SSSR count). The zero-order chi connectivity index (χ0) is 24.1. The van der Waals surface area contributed by atoms with Crippen molar-refractivity contribution in [3.05, 3.63) is 78.5 Å². The van der Waals surface area contributed by atoms with Crippen LogP contribution in [0.3, 0.4) is 0 Å². The molecule has 0 saturated heterocycles. The normalized spacial score (nSPS) is 10.3. The van der Waals surface area contributed by atoms with Crippen LogP contribution in [0.1, 0.15) is 22.8 Å². The molecule has 0 aliphatic rings. The first kappa shape index (κ1) is 23.6. The number of carbonyl (C=O) groups is 2. The number of hydrogen-bond acceptors (Lipinski definition) is 8. The summed E-state index contributed by atoms with van der Waals surface area (Å²) >= 11 is 7.32. The number of nitrogens with zero attached hydrogens (tertiary/aromatic N) is 3. The van der Waals surface area contributed by atoms with Gasteiger partial charge in [-0.05, 0) is 13.0 Å². The number of nitrogens with one attached hydrogen (secondary N) is 1. The molecule has 0 unspecified atom stereocenters. The lowest BCUT2D eigenvalue weighted by Gasteiger charge is -2.10. The summed E-state index contributed by atoms with van der Waals surface area (Å²) in [5.74, 6) is -1.41. The predicted molar refractivity (Wildman–Crippen MR) is 121 cm³/mol. The van der Waals surface area contributed by atoms with Crippen LogP contribution in [0.2, 0.25) is 5.02 Å². The molecule has 3 aromatic rings. The van der Waals surface area contributed by atoms with Crippen LogP contribution in [0.5, 0.6) is 0 Å². The summed E-state index contributed by atoms with van der Waals surface area (Å²) in [7, 11) is 0. The average molecular weight is 487 g/mol. The van der Waals surface area contributed by atoms with Gasteiger partial charge >= 0.3 is 5.97 Å². The molecule has 0 atom stereocenters. The quantitative estimate of drug-likeness (QED) is 0.303. The maximum absolute atomic E-state index is 12.7. The summed E-state index contributed by atoms with van der Waals surface area (Å²) in [5.41, 5.74) is -0.727. The third kappa shape index (κ3) is 5.08. The van der Waals surface area contributed by atoms with E-state index in [4.69, 9.17) is 21.6 Å². The maximum atomic E-state index is 12.7. The Hall–Kier alpha value is -4.01. The van der Waals surface area contributed by atoms with E-state index in [1.54, 1.807) is 42.6 Å². The van der Waals surface area contributed by atoms with Gasteiger partial charge in [-0.1, -0.05) is 29.8 Å². The van der Waals surface area contributed by atoms with E-state index in [9.17, 15) is 24.5 Å². The monoisotopic (exact) mass is 486 g/mol. The fraction of sp³-hybridized carbons (Fsp3) is 0.143. The Balaban J connectivity index is 1.97. The molecule has 10 nitrogen and oxygen atoms in total. The summed E-state index contributed by atoms with van der Waals surface area (Å²) in [5, 5.41) is 24.9. The van der Waals surface area contributed by atoms with Gasteiger partial charge in [-0.3, -0.25) is 24.3 Å². The number of esters is 1. The largest absolute Gasteiger partial charge is 0.462 e. The zero-order valence-corrected chi connectivity index (χ0v) is 18.6. The second-order valence-electron chi connectivity index (χ2n) is 6.52. The van der Waals surface area contributed by atoms with Gasteiger partial charge in [0.25, 0.3) is 11.2 Å². The molecule has 0 bridgehead atoms. The minimum Gasteiger partial charge on any atom is -0.462 e. The Morgan fingerprint density at radius 1 is 1.33 bits per heavy atom. The summed E-state index contributed by atoms with van der Waals surface area (Å²) < 4.78 is 5.89. The highest BCUT2D eigenvalue weighted by atomic mass is 35.5. The van der Waals surface area contributed by atoms with Gasteiger partial charge in [-0.15, -0.1) is 11.3 Å². The molecule has 1 amide bonds. The molecule has 2 aromatic heterocycles. The number of rotatable bonds is 7. The number of nitro groups is 1. The number of anilines is 1. The summed E-state index contributed by atoms with van der Waals surface area (Å²) in [6, 6.07) is 9.26. The smallest absolute Gasteiger partial charge is 0.341 e. The van der Waals surface area contributed by atoms with Crippen molar-refractivity contribution in [2.24, 2.45) is 0 Å². The van der Waals surface area contributed by atoms with Gasteiger partial charge in [0.1, 0.15) is 28.7 Å². The van der Waals surface area contributed by atoms with Gasteiger partial charge in [-0.25, -0.2) is 4.79 Å². The van der Waals surface area contributed by atoms with Crippen LogP contribution >= 0.6 is 22.9 Å². The van der Waals surface area contributed by atoms with Crippen LogP contribution in [0.25, 0.3) is 11.1 Å². The fourth-order valence-electron chi connectivity index (χ4n) is 2.97. The van der Waals surface area contributed by atoms with Crippen LogP contribution in [-0.2, 0) is 16.1 Å². The van der Waals surface area contributed by atoms with Crippen LogP contribution in [0.4, 0.5) is 10.7 Å². The lowest BCUT2D eigenvalue weighted by molar-refractivity contribution is -0.385. The topological polar surface area (TPSA) is 144 Å². The SMILES string of the molecule is CCOC(=O)c1c(-c2ccccc2Cl)csc1NC(=O)Cn1cc([N+](=O)[O-])cc(C#N)c1=O. The third-order valence-electron chi connectivity index (χ3n) is 4.40. The second kappa shape index (κ2) is 10.1. The Morgan fingerprint density at radius 3 is 2.70 bits per heavy atom. The number of halogens is 1. The van der Waals surface area contributed by atoms with Crippen LogP contribution in [0.15, 0.2) is 46.7 Å². The highest BCUT2D eigenvalue weighted by Gasteiger charge is 2.24. The predicted octanol–water partition coefficient (Wildman–Crippen LogP) is 3.83. The number of ether oxygens (including phenoxy) is 1. The van der Waals surface area contributed by atoms with Gasteiger partial charge in [0, 0.05) is 27.6 Å². The standard InChI is InChI=1S/C21H15ClN4O6S/c1-2-32-21(29)18-15(14-5-3-4-6-16(14)22)11-33-19(18)24-17(27)10-25-9-13(26(30)31)7-12(8-23)20(25)28/h3-7,9,11H,2,10H2,1H3,(H,24,27). The minimum absolute atomic E-state index is 0.0902. The maximum Gasteiger partial charge on any atom is 0.341 e. The molecule has 0 saturated carbocycles. The number of aromatic nitrogens is 1. The molecule has 33 heavy (non-hydrogen) atoms. The molecule has 1 aromatic carbocycles. The molecule has 0 radical (unpaired) electrons. The molecule has 0 spiro atoms. The van der Waals surface area contributed by atoms with Crippen LogP contribution in [-0.4, -0.2) is 28.0 Å². The van der Waals surface area contributed by atoms with E-state index in [1.807, 2.05) is 0 Å². The van der Waals surface area contributed by atoms with Crippen LogP contribution in [0, 0.1) is 21.4 Å². The summed E-state index contributed by atoms with van der Waals surface area (Å²) in [6.07, 6.45) is 0.874. The summed E-state index contributed by atoms with van der Waals surface area (Å²) in [4.78, 5) is 47.9. The van der Waals surface area contributed by atoms with Crippen molar-refractivity contribution in [1.82, 2.24) is 4.57 Å². The number of thiophene rings is 1. The van der Waals surface area contributed by atoms with Gasteiger partial charge in [0.2, 0.25) is 5.91 Å². The molecule has 0 aliphatic heterocycles. The number of carbonyl (C=O) groups excluding carboxylic acids is 2. The molecule has 1 N–H and O–H groups in total. The van der Waals surface area contributed by atoms with E-state index in [-0.39, 0.29) is 17.2 Å². The van der Waals surface area contributed by atoms with E-state index in [0.717, 1.165) is 28.2 Å². The van der Waals surface area contributed by atoms with Crippen molar-refractivity contribution in [2.45, 2.75) is 13.5 Å². The first-order valence-electron chi connectivity index (χ1n) is 9.39. The van der Waals surface area contributed by atoms with E-state index in [2.05, 4.69) is 5.32 Å². The van der Waals surface area contributed by atoms with Gasteiger partial charge < -0.3 is 10.1 Å². The Bertz CT molecular complexity index is 1360. The Kier molecular flexibility index (Phi) is 7.22. The van der Waals surface area contributed by atoms with Crippen molar-refractivity contribution in [3.63, 3.8) is 0 Å². The van der Waals surface area contributed by atoms with E-state index >= 15 is 0 Å². The number of hydrogen-bond donors (Lipinski definition) is 1. The van der Waals surface area contributed by atoms with Crippen molar-refractivity contribution >= 4 is 45.5 Å². The molecular formula is C21H15ClN4O6S. The Labute approximate surface area is 195 Å². The van der Waals surface area contributed by atoms with E-state index < -0.39 is 40.2 Å². The first-order valence-corrected chi connectivity index (χ1v) is 10.6. The number of pyridine rings is 1. The lowest BCUT2D eigenvalue weighted by atomic mass is 10.0. The van der Waals surface area contributed by atoms with Crippen molar-refractivity contribution in [1.29, 1.82) is 5.26 Å². The van der Waals surface area contributed by atoms with Crippen LogP contribution < -0.4 is 10.9 Å². The van der Waals surface area contributed by atoms with Gasteiger partial charge in [0.05, 0.1) is 17.7 Å². The molecule has 12 heteroatoms. The second-order valence-corrected chi connectivity index (χ2v) is 7.80. The zero-order valence-electron chi connectivity index (χ0n) is 17.0. The number of nitriles is 1. The Morgan fingerprint density at radius 2 is 2.06 bits per heavy atom. The van der Waals surface area contributed by atoms with Crippen molar-refractivity contribution in [2.75, 3.05) is 11.9 Å². The first-order chi connectivity index (χ1) is 15.8. The average Bonchev–Trinajstić information content (AvgIpc) is 3.18. The van der Waals surface area contributed by atoms with E-state index in [0.29, 0.717) is 16.1 Å². The van der Waals surface area contributed by atoms with Gasteiger partial charge in [-0.2, -0.15) is 5.26 Å². The molecule has 168 valence electrons. The van der Waals surface area contributed by atoms with E-state index in [1.165, 1.54) is 0 Å². The highest BCUT2D eigenvalue weighted by Crippen LogP contribution is 2.39. The molecular weight excluding hydrogens is 472 g/mol. The molecule has 0 aliphatic carbocycles. The fourth-order valence-corrected chi connectivity index (χ4v) is 4.17. The molecule has 2 heterocycles. The third-order valence-corrected chi connectivity index (χ3v) is 5.63. The molecule has 0 fully saturated rings. The minimum atomic E-state index is -0.855. The van der Waals surface area contributed by atoms with Gasteiger partial charge in [0.15, 0.2) is 0 Å². The number of amides is 1. The summed E-state index contributed by atoms with van der Waals surface area (Å²) in [6.45, 7) is 1.13. The number of benzene rings is 1. The lowest BCUT2D eigenvalue weighted by Crippen LogP contribution is -2.29. The van der Waals surface area contributed by atoms with Crippen molar-refractivity contribution < 1.29 is 19.2 Å². The highest BCUT2D eigenvalue weighted by molar-refractivity contribution is 7.15. The van der Waals surface area contributed by atoms with Crippen molar-refractivity contribution in [3.8, 4) is 17.2 Å².